The van der Waals surface area contributed by atoms with E-state index in [0.717, 1.165) is 5.69 Å². The number of likely N-dealkylation sites (tertiary alicyclic amines) is 1. The minimum atomic E-state index is -0.537. The lowest BCUT2D eigenvalue weighted by atomic mass is 10.0. The van der Waals surface area contributed by atoms with Crippen LogP contribution in [0.5, 0.6) is 5.75 Å². The minimum Gasteiger partial charge on any atom is -0.497 e. The summed E-state index contributed by atoms with van der Waals surface area (Å²) in [6, 6.07) is 7.29. The van der Waals surface area contributed by atoms with Gasteiger partial charge in [-0.05, 0) is 45.7 Å². The van der Waals surface area contributed by atoms with Gasteiger partial charge in [-0.1, -0.05) is 6.07 Å². The fraction of sp³-hybridized carbons (Fsp3) is 0.591. The topological polar surface area (TPSA) is 88.2 Å². The Morgan fingerprint density at radius 3 is 2.50 bits per heavy atom. The van der Waals surface area contributed by atoms with Crippen LogP contribution in [-0.4, -0.2) is 61.2 Å². The van der Waals surface area contributed by atoms with Gasteiger partial charge in [0.1, 0.15) is 11.4 Å². The number of alkyl carbamates (subject to hydrolysis) is 1. The van der Waals surface area contributed by atoms with E-state index < -0.39 is 11.7 Å². The van der Waals surface area contributed by atoms with Crippen molar-refractivity contribution < 1.29 is 23.9 Å². The smallest absolute Gasteiger partial charge is 0.407 e. The molecular weight excluding hydrogens is 386 g/mol. The van der Waals surface area contributed by atoms with Gasteiger partial charge in [0, 0.05) is 43.9 Å². The normalized spacial score (nSPS) is 20.3. The molecule has 0 saturated carbocycles. The van der Waals surface area contributed by atoms with Crippen LogP contribution in [0, 0.1) is 5.92 Å². The van der Waals surface area contributed by atoms with Crippen molar-refractivity contribution in [2.24, 2.45) is 5.92 Å². The molecule has 3 rings (SSSR count). The third-order valence-corrected chi connectivity index (χ3v) is 5.37. The van der Waals surface area contributed by atoms with Crippen molar-refractivity contribution >= 4 is 23.6 Å². The number of benzene rings is 1. The standard InChI is InChI=1S/C22H31N3O5/c1-22(2,3)30-21(28)23-16-8-10-24(11-9-16)20(27)15-12-19(26)25(14-15)17-6-5-7-18(13-17)29-4/h5-7,13,15-16H,8-12,14H2,1-4H3,(H,23,28). The zero-order chi connectivity index (χ0) is 21.9. The average Bonchev–Trinajstić information content (AvgIpc) is 3.08. The van der Waals surface area contributed by atoms with Gasteiger partial charge in [-0.15, -0.1) is 0 Å². The van der Waals surface area contributed by atoms with Gasteiger partial charge in [-0.25, -0.2) is 4.79 Å². The largest absolute Gasteiger partial charge is 0.497 e. The highest BCUT2D eigenvalue weighted by Gasteiger charge is 2.38. The summed E-state index contributed by atoms with van der Waals surface area (Å²) in [5.74, 6) is 0.279. The molecule has 8 heteroatoms. The number of rotatable bonds is 4. The Morgan fingerprint density at radius 1 is 1.17 bits per heavy atom. The summed E-state index contributed by atoms with van der Waals surface area (Å²) in [5, 5.41) is 2.88. The second kappa shape index (κ2) is 8.93. The monoisotopic (exact) mass is 417 g/mol. The van der Waals surface area contributed by atoms with Crippen molar-refractivity contribution in [3.8, 4) is 5.75 Å². The van der Waals surface area contributed by atoms with Crippen LogP contribution in [0.4, 0.5) is 10.5 Å². The maximum atomic E-state index is 13.0. The molecule has 1 aromatic carbocycles. The highest BCUT2D eigenvalue weighted by Crippen LogP contribution is 2.29. The van der Waals surface area contributed by atoms with Crippen molar-refractivity contribution in [1.82, 2.24) is 10.2 Å². The molecule has 2 saturated heterocycles. The molecular formula is C22H31N3O5. The number of nitrogens with zero attached hydrogens (tertiary/aromatic N) is 2. The van der Waals surface area contributed by atoms with Crippen molar-refractivity contribution in [2.75, 3.05) is 31.6 Å². The molecule has 1 aromatic rings. The number of hydrogen-bond acceptors (Lipinski definition) is 5. The SMILES string of the molecule is COc1cccc(N2CC(C(=O)N3CCC(NC(=O)OC(C)(C)C)CC3)CC2=O)c1. The first kappa shape index (κ1) is 21.9. The molecule has 0 aliphatic carbocycles. The first-order valence-electron chi connectivity index (χ1n) is 10.4. The molecule has 1 unspecified atom stereocenters. The van der Waals surface area contributed by atoms with Gasteiger partial charge < -0.3 is 24.6 Å². The third kappa shape index (κ3) is 5.43. The number of anilines is 1. The molecule has 2 heterocycles. The Morgan fingerprint density at radius 2 is 1.87 bits per heavy atom. The van der Waals surface area contributed by atoms with Crippen LogP contribution in [0.25, 0.3) is 0 Å². The van der Waals surface area contributed by atoms with E-state index in [1.54, 1.807) is 23.0 Å². The minimum absolute atomic E-state index is 0.00413. The molecule has 2 aliphatic rings. The van der Waals surface area contributed by atoms with Gasteiger partial charge >= 0.3 is 6.09 Å². The molecule has 2 aliphatic heterocycles. The zero-order valence-electron chi connectivity index (χ0n) is 18.1. The lowest BCUT2D eigenvalue weighted by molar-refractivity contribution is -0.136. The lowest BCUT2D eigenvalue weighted by Gasteiger charge is -2.34. The fourth-order valence-electron chi connectivity index (χ4n) is 3.88. The van der Waals surface area contributed by atoms with E-state index >= 15 is 0 Å². The van der Waals surface area contributed by atoms with Gasteiger partial charge in [-0.3, -0.25) is 9.59 Å². The molecule has 8 nitrogen and oxygen atoms in total. The number of amides is 3. The van der Waals surface area contributed by atoms with Crippen LogP contribution in [0.3, 0.4) is 0 Å². The molecule has 1 atom stereocenters. The molecule has 0 aromatic heterocycles. The molecule has 164 valence electrons. The Labute approximate surface area is 177 Å². The maximum Gasteiger partial charge on any atom is 0.407 e. The summed E-state index contributed by atoms with van der Waals surface area (Å²) < 4.78 is 10.5. The highest BCUT2D eigenvalue weighted by atomic mass is 16.6. The van der Waals surface area contributed by atoms with Crippen molar-refractivity contribution in [2.45, 2.75) is 51.7 Å². The highest BCUT2D eigenvalue weighted by molar-refractivity contribution is 6.00. The van der Waals surface area contributed by atoms with Gasteiger partial charge in [0.2, 0.25) is 11.8 Å². The van der Waals surface area contributed by atoms with Crippen LogP contribution in [0.1, 0.15) is 40.0 Å². The Kier molecular flexibility index (Phi) is 6.53. The molecule has 0 bridgehead atoms. The summed E-state index contributed by atoms with van der Waals surface area (Å²) in [5.41, 5.74) is 0.208. The van der Waals surface area contributed by atoms with Crippen LogP contribution in [0.2, 0.25) is 0 Å². The van der Waals surface area contributed by atoms with Crippen molar-refractivity contribution in [1.29, 1.82) is 0 Å². The van der Waals surface area contributed by atoms with Gasteiger partial charge in [0.25, 0.3) is 0 Å². The number of carbonyl (C=O) groups excluding carboxylic acids is 3. The predicted octanol–water partition coefficient (Wildman–Crippen LogP) is 2.56. The van der Waals surface area contributed by atoms with E-state index in [9.17, 15) is 14.4 Å². The number of hydrogen-bond donors (Lipinski definition) is 1. The molecule has 0 radical (unpaired) electrons. The number of methoxy groups -OCH3 is 1. The van der Waals surface area contributed by atoms with Gasteiger partial charge in [0.05, 0.1) is 13.0 Å². The van der Waals surface area contributed by atoms with Crippen molar-refractivity contribution in [3.63, 3.8) is 0 Å². The third-order valence-electron chi connectivity index (χ3n) is 5.37. The van der Waals surface area contributed by atoms with E-state index in [0.29, 0.717) is 38.2 Å². The number of ether oxygens (including phenoxy) is 2. The fourth-order valence-corrected chi connectivity index (χ4v) is 3.88. The second-order valence-corrected chi connectivity index (χ2v) is 8.85. The van der Waals surface area contributed by atoms with Crippen molar-refractivity contribution in [3.05, 3.63) is 24.3 Å². The number of nitrogens with one attached hydrogen (secondary N) is 1. The van der Waals surface area contributed by atoms with Crippen LogP contribution >= 0.6 is 0 Å². The number of carbonyl (C=O) groups is 3. The Hall–Kier alpha value is -2.77. The van der Waals surface area contributed by atoms with E-state index in [2.05, 4.69) is 5.32 Å². The molecule has 1 N–H and O–H groups in total. The zero-order valence-corrected chi connectivity index (χ0v) is 18.1. The first-order chi connectivity index (χ1) is 14.2. The van der Waals surface area contributed by atoms with E-state index in [1.807, 2.05) is 39.0 Å². The molecule has 0 spiro atoms. The average molecular weight is 418 g/mol. The Bertz CT molecular complexity index is 796. The first-order valence-corrected chi connectivity index (χ1v) is 10.4. The molecule has 2 fully saturated rings. The van der Waals surface area contributed by atoms with E-state index in [1.165, 1.54) is 0 Å². The summed E-state index contributed by atoms with van der Waals surface area (Å²) in [7, 11) is 1.58. The van der Waals surface area contributed by atoms with Crippen LogP contribution < -0.4 is 15.0 Å². The Balaban J connectivity index is 1.52. The van der Waals surface area contributed by atoms with Gasteiger partial charge in [-0.2, -0.15) is 0 Å². The van der Waals surface area contributed by atoms with E-state index in [-0.39, 0.29) is 30.2 Å². The van der Waals surface area contributed by atoms with E-state index in [4.69, 9.17) is 9.47 Å². The lowest BCUT2D eigenvalue weighted by Crippen LogP contribution is -2.49. The predicted molar refractivity (Wildman–Crippen MR) is 112 cm³/mol. The maximum absolute atomic E-state index is 13.0. The molecule has 3 amide bonds. The van der Waals surface area contributed by atoms with Gasteiger partial charge in [0.15, 0.2) is 0 Å². The summed E-state index contributed by atoms with van der Waals surface area (Å²) in [4.78, 5) is 40.9. The number of piperidine rings is 1. The summed E-state index contributed by atoms with van der Waals surface area (Å²) in [6.45, 7) is 6.97. The quantitative estimate of drug-likeness (QED) is 0.814. The second-order valence-electron chi connectivity index (χ2n) is 8.85. The summed E-state index contributed by atoms with van der Waals surface area (Å²) in [6.07, 6.45) is 1.13. The molecule has 30 heavy (non-hydrogen) atoms. The summed E-state index contributed by atoms with van der Waals surface area (Å²) >= 11 is 0. The van der Waals surface area contributed by atoms with Crippen LogP contribution in [-0.2, 0) is 14.3 Å². The van der Waals surface area contributed by atoms with Crippen LogP contribution in [0.15, 0.2) is 24.3 Å².